The van der Waals surface area contributed by atoms with Crippen molar-refractivity contribution in [1.29, 1.82) is 0 Å². The number of amides is 1. The molecule has 0 spiro atoms. The predicted molar refractivity (Wildman–Crippen MR) is 79.5 cm³/mol. The van der Waals surface area contributed by atoms with Crippen LogP contribution >= 0.6 is 0 Å². The fourth-order valence-electron chi connectivity index (χ4n) is 1.95. The number of aromatic nitrogens is 3. The smallest absolute Gasteiger partial charge is 0.411 e. The van der Waals surface area contributed by atoms with E-state index in [0.717, 1.165) is 11.2 Å². The number of hydrogen-bond acceptors (Lipinski definition) is 4. The molecular weight excluding hydrogens is 268 g/mol. The van der Waals surface area contributed by atoms with E-state index in [-0.39, 0.29) is 0 Å². The van der Waals surface area contributed by atoms with Crippen LogP contribution in [0.2, 0.25) is 0 Å². The third-order valence-corrected chi connectivity index (χ3v) is 2.89. The summed E-state index contributed by atoms with van der Waals surface area (Å²) in [6, 6.07) is 15.0. The number of nitrogens with zero attached hydrogens (tertiary/aromatic N) is 3. The molecule has 3 rings (SSSR count). The molecule has 6 nitrogen and oxygen atoms in total. The lowest BCUT2D eigenvalue weighted by Crippen LogP contribution is -2.13. The van der Waals surface area contributed by atoms with Gasteiger partial charge in [-0.2, -0.15) is 4.80 Å². The average molecular weight is 282 g/mol. The molecule has 1 heterocycles. The van der Waals surface area contributed by atoms with Gasteiger partial charge in [-0.05, 0) is 37.3 Å². The molecule has 0 saturated carbocycles. The Hall–Kier alpha value is -2.89. The predicted octanol–water partition coefficient (Wildman–Crippen LogP) is 2.99. The van der Waals surface area contributed by atoms with Crippen LogP contribution in [0.1, 0.15) is 6.92 Å². The van der Waals surface area contributed by atoms with Gasteiger partial charge in [0.1, 0.15) is 11.0 Å². The van der Waals surface area contributed by atoms with Crippen LogP contribution in [0.3, 0.4) is 0 Å². The van der Waals surface area contributed by atoms with Gasteiger partial charge < -0.3 is 4.74 Å². The second-order valence-electron chi connectivity index (χ2n) is 4.37. The zero-order chi connectivity index (χ0) is 14.7. The summed E-state index contributed by atoms with van der Waals surface area (Å²) in [6.07, 6.45) is -0.479. The first-order valence-corrected chi connectivity index (χ1v) is 6.62. The quantitative estimate of drug-likeness (QED) is 0.801. The van der Waals surface area contributed by atoms with Gasteiger partial charge in [-0.3, -0.25) is 5.32 Å². The van der Waals surface area contributed by atoms with E-state index >= 15 is 0 Å². The summed E-state index contributed by atoms with van der Waals surface area (Å²) in [4.78, 5) is 13.0. The molecule has 0 aliphatic carbocycles. The van der Waals surface area contributed by atoms with Crippen LogP contribution in [-0.4, -0.2) is 27.7 Å². The minimum atomic E-state index is -0.479. The second kappa shape index (κ2) is 5.62. The first-order valence-electron chi connectivity index (χ1n) is 6.62. The maximum absolute atomic E-state index is 11.4. The first kappa shape index (κ1) is 13.1. The average Bonchev–Trinajstić information content (AvgIpc) is 2.91. The third-order valence-electron chi connectivity index (χ3n) is 2.89. The monoisotopic (exact) mass is 282 g/mol. The Morgan fingerprint density at radius 3 is 2.67 bits per heavy atom. The van der Waals surface area contributed by atoms with E-state index in [4.69, 9.17) is 4.74 Å². The van der Waals surface area contributed by atoms with E-state index in [9.17, 15) is 4.79 Å². The summed E-state index contributed by atoms with van der Waals surface area (Å²) >= 11 is 0. The Kier molecular flexibility index (Phi) is 3.51. The lowest BCUT2D eigenvalue weighted by atomic mass is 10.3. The molecule has 0 atom stereocenters. The van der Waals surface area contributed by atoms with Crippen molar-refractivity contribution in [2.45, 2.75) is 6.92 Å². The summed E-state index contributed by atoms with van der Waals surface area (Å²) in [5, 5.41) is 11.5. The number of para-hydroxylation sites is 1. The molecule has 0 saturated heterocycles. The molecule has 0 radical (unpaired) electrons. The second-order valence-corrected chi connectivity index (χ2v) is 4.37. The van der Waals surface area contributed by atoms with Gasteiger partial charge in [0.15, 0.2) is 0 Å². The van der Waals surface area contributed by atoms with Crippen molar-refractivity contribution < 1.29 is 9.53 Å². The van der Waals surface area contributed by atoms with Crippen LogP contribution in [0.15, 0.2) is 48.5 Å². The summed E-state index contributed by atoms with van der Waals surface area (Å²) in [5.74, 6) is 0. The van der Waals surface area contributed by atoms with Gasteiger partial charge in [-0.1, -0.05) is 18.2 Å². The lowest BCUT2D eigenvalue weighted by molar-refractivity contribution is 0.168. The maximum Gasteiger partial charge on any atom is 0.411 e. The molecule has 1 amide bonds. The van der Waals surface area contributed by atoms with Crippen molar-refractivity contribution in [3.05, 3.63) is 48.5 Å². The molecule has 2 aromatic carbocycles. The van der Waals surface area contributed by atoms with E-state index < -0.39 is 6.09 Å². The molecular formula is C15H14N4O2. The molecule has 106 valence electrons. The van der Waals surface area contributed by atoms with Crippen LogP contribution in [0.5, 0.6) is 0 Å². The van der Waals surface area contributed by atoms with E-state index in [2.05, 4.69) is 15.5 Å². The largest absolute Gasteiger partial charge is 0.450 e. The van der Waals surface area contributed by atoms with Gasteiger partial charge in [0.25, 0.3) is 0 Å². The third kappa shape index (κ3) is 2.84. The van der Waals surface area contributed by atoms with Gasteiger partial charge >= 0.3 is 6.09 Å². The SMILES string of the molecule is CCOC(=O)Nc1ccc2nn(-c3ccccc3)nc2c1. The highest BCUT2D eigenvalue weighted by Gasteiger charge is 2.07. The van der Waals surface area contributed by atoms with Gasteiger partial charge in [-0.15, -0.1) is 10.2 Å². The number of anilines is 1. The number of fused-ring (bicyclic) bond motifs is 1. The summed E-state index contributed by atoms with van der Waals surface area (Å²) in [7, 11) is 0. The van der Waals surface area contributed by atoms with Crippen LogP contribution in [0, 0.1) is 0 Å². The van der Waals surface area contributed by atoms with Gasteiger partial charge in [0, 0.05) is 5.69 Å². The minimum absolute atomic E-state index is 0.332. The van der Waals surface area contributed by atoms with Gasteiger partial charge in [0.2, 0.25) is 0 Å². The standard InChI is InChI=1S/C15H14N4O2/c1-2-21-15(20)16-11-8-9-13-14(10-11)18-19(17-13)12-6-4-3-5-7-12/h3-10H,2H2,1H3,(H,16,20). The molecule has 6 heteroatoms. The van der Waals surface area contributed by atoms with E-state index in [0.29, 0.717) is 17.8 Å². The zero-order valence-corrected chi connectivity index (χ0v) is 11.5. The van der Waals surface area contributed by atoms with Crippen molar-refractivity contribution in [3.63, 3.8) is 0 Å². The van der Waals surface area contributed by atoms with E-state index in [1.165, 1.54) is 0 Å². The molecule has 0 unspecified atom stereocenters. The lowest BCUT2D eigenvalue weighted by Gasteiger charge is -2.03. The molecule has 0 fully saturated rings. The molecule has 0 aliphatic heterocycles. The zero-order valence-electron chi connectivity index (χ0n) is 11.5. The summed E-state index contributed by atoms with van der Waals surface area (Å²) in [6.45, 7) is 2.09. The van der Waals surface area contributed by atoms with Crippen molar-refractivity contribution in [2.24, 2.45) is 0 Å². The number of hydrogen-bond donors (Lipinski definition) is 1. The molecule has 3 aromatic rings. The highest BCUT2D eigenvalue weighted by molar-refractivity contribution is 5.88. The normalized spacial score (nSPS) is 10.5. The minimum Gasteiger partial charge on any atom is -0.450 e. The summed E-state index contributed by atoms with van der Waals surface area (Å²) < 4.78 is 4.84. The van der Waals surface area contributed by atoms with Crippen LogP contribution < -0.4 is 5.32 Å². The highest BCUT2D eigenvalue weighted by Crippen LogP contribution is 2.17. The maximum atomic E-state index is 11.4. The fraction of sp³-hybridized carbons (Fsp3) is 0.133. The number of nitrogens with one attached hydrogen (secondary N) is 1. The van der Waals surface area contributed by atoms with E-state index in [1.54, 1.807) is 23.9 Å². The van der Waals surface area contributed by atoms with Gasteiger partial charge in [0.05, 0.1) is 12.3 Å². The number of carbonyl (C=O) groups is 1. The molecule has 0 aliphatic rings. The number of benzene rings is 2. The molecule has 1 N–H and O–H groups in total. The summed E-state index contributed by atoms with van der Waals surface area (Å²) in [5.41, 5.74) is 2.97. The Morgan fingerprint density at radius 1 is 1.14 bits per heavy atom. The van der Waals surface area contributed by atoms with Crippen molar-refractivity contribution >= 4 is 22.8 Å². The number of ether oxygens (including phenoxy) is 1. The van der Waals surface area contributed by atoms with Crippen LogP contribution in [-0.2, 0) is 4.74 Å². The Balaban J connectivity index is 1.90. The topological polar surface area (TPSA) is 69.0 Å². The van der Waals surface area contributed by atoms with Crippen LogP contribution in [0.25, 0.3) is 16.7 Å². The Morgan fingerprint density at radius 2 is 1.90 bits per heavy atom. The number of carbonyl (C=O) groups excluding carboxylic acids is 1. The fourth-order valence-corrected chi connectivity index (χ4v) is 1.95. The van der Waals surface area contributed by atoms with Gasteiger partial charge in [-0.25, -0.2) is 4.79 Å². The molecule has 21 heavy (non-hydrogen) atoms. The number of rotatable bonds is 3. The van der Waals surface area contributed by atoms with Crippen molar-refractivity contribution in [2.75, 3.05) is 11.9 Å². The Bertz CT molecular complexity index is 768. The van der Waals surface area contributed by atoms with Crippen LogP contribution in [0.4, 0.5) is 10.5 Å². The molecule has 0 bridgehead atoms. The van der Waals surface area contributed by atoms with Crippen molar-refractivity contribution in [3.8, 4) is 5.69 Å². The molecule has 1 aromatic heterocycles. The van der Waals surface area contributed by atoms with E-state index in [1.807, 2.05) is 36.4 Å². The highest BCUT2D eigenvalue weighted by atomic mass is 16.5. The van der Waals surface area contributed by atoms with Crippen molar-refractivity contribution in [1.82, 2.24) is 15.0 Å². The first-order chi connectivity index (χ1) is 10.3. The Labute approximate surface area is 121 Å².